The number of thioether (sulfide) groups is 1. The molecule has 20 heavy (non-hydrogen) atoms. The van der Waals surface area contributed by atoms with Gasteiger partial charge in [-0.15, -0.1) is 10.2 Å². The molecule has 2 aromatic heterocycles. The Labute approximate surface area is 120 Å². The van der Waals surface area contributed by atoms with Crippen molar-refractivity contribution in [3.8, 4) is 0 Å². The molecule has 0 atom stereocenters. The Morgan fingerprint density at radius 2 is 2.25 bits per heavy atom. The van der Waals surface area contributed by atoms with Gasteiger partial charge in [-0.05, 0) is 6.07 Å². The molecular weight excluding hydrogens is 278 g/mol. The van der Waals surface area contributed by atoms with Crippen molar-refractivity contribution in [2.75, 3.05) is 5.75 Å². The monoisotopic (exact) mass is 293 g/mol. The fourth-order valence-electron chi connectivity index (χ4n) is 1.68. The molecule has 106 valence electrons. The molecule has 0 aliphatic rings. The van der Waals surface area contributed by atoms with Gasteiger partial charge in [-0.2, -0.15) is 0 Å². The molecule has 0 aliphatic carbocycles. The van der Waals surface area contributed by atoms with Gasteiger partial charge in [0.1, 0.15) is 12.2 Å². The van der Waals surface area contributed by atoms with Crippen molar-refractivity contribution in [1.82, 2.24) is 24.7 Å². The van der Waals surface area contributed by atoms with Gasteiger partial charge in [0, 0.05) is 12.1 Å². The van der Waals surface area contributed by atoms with E-state index in [2.05, 4.69) is 20.2 Å². The Hall–Kier alpha value is -1.96. The van der Waals surface area contributed by atoms with Gasteiger partial charge < -0.3 is 5.11 Å². The van der Waals surface area contributed by atoms with Gasteiger partial charge in [0.25, 0.3) is 0 Å². The second-order valence-electron chi connectivity index (χ2n) is 4.46. The van der Waals surface area contributed by atoms with Crippen LogP contribution in [0.15, 0.2) is 23.7 Å². The molecule has 0 bridgehead atoms. The average molecular weight is 293 g/mol. The Balaban J connectivity index is 2.27. The lowest BCUT2D eigenvalue weighted by Crippen LogP contribution is -2.10. The van der Waals surface area contributed by atoms with E-state index in [1.54, 1.807) is 6.20 Å². The van der Waals surface area contributed by atoms with E-state index in [1.165, 1.54) is 6.33 Å². The van der Waals surface area contributed by atoms with E-state index in [4.69, 9.17) is 5.11 Å². The highest BCUT2D eigenvalue weighted by Crippen LogP contribution is 2.22. The zero-order valence-corrected chi connectivity index (χ0v) is 12.0. The van der Waals surface area contributed by atoms with Crippen molar-refractivity contribution in [1.29, 1.82) is 0 Å². The van der Waals surface area contributed by atoms with Crippen molar-refractivity contribution in [3.05, 3.63) is 30.1 Å². The summed E-state index contributed by atoms with van der Waals surface area (Å²) in [6, 6.07) is 1.82. The van der Waals surface area contributed by atoms with E-state index < -0.39 is 5.97 Å². The highest BCUT2D eigenvalue weighted by Gasteiger charge is 2.16. The minimum Gasteiger partial charge on any atom is -0.481 e. The maximum Gasteiger partial charge on any atom is 0.313 e. The summed E-state index contributed by atoms with van der Waals surface area (Å²) in [5.74, 6) is 0.0951. The number of nitrogens with zero attached hydrogens (tertiary/aromatic N) is 5. The molecule has 8 heteroatoms. The van der Waals surface area contributed by atoms with Crippen LogP contribution in [0, 0.1) is 0 Å². The number of rotatable bonds is 6. The number of aromatic nitrogens is 5. The first kappa shape index (κ1) is 14.4. The standard InChI is InChI=1S/C12H15N5O2S/c1-8(2)11-15-16-12(20-6-10(18)19)17(11)5-9-3-4-13-7-14-9/h3-4,7-8H,5-6H2,1-2H3,(H,18,19). The van der Waals surface area contributed by atoms with Crippen LogP contribution in [0.2, 0.25) is 0 Å². The third-order valence-electron chi connectivity index (χ3n) is 2.55. The summed E-state index contributed by atoms with van der Waals surface area (Å²) >= 11 is 1.16. The summed E-state index contributed by atoms with van der Waals surface area (Å²) in [6.07, 6.45) is 3.16. The van der Waals surface area contributed by atoms with Gasteiger partial charge in [0.15, 0.2) is 5.16 Å². The molecule has 0 unspecified atom stereocenters. The molecule has 0 aromatic carbocycles. The van der Waals surface area contributed by atoms with Gasteiger partial charge in [-0.25, -0.2) is 9.97 Å². The summed E-state index contributed by atoms with van der Waals surface area (Å²) in [4.78, 5) is 18.7. The van der Waals surface area contributed by atoms with Crippen LogP contribution < -0.4 is 0 Å². The van der Waals surface area contributed by atoms with E-state index in [-0.39, 0.29) is 11.7 Å². The van der Waals surface area contributed by atoms with E-state index in [1.807, 2.05) is 24.5 Å². The number of carbonyl (C=O) groups is 1. The van der Waals surface area contributed by atoms with Crippen molar-refractivity contribution < 1.29 is 9.90 Å². The maximum atomic E-state index is 10.7. The van der Waals surface area contributed by atoms with E-state index >= 15 is 0 Å². The quantitative estimate of drug-likeness (QED) is 0.805. The summed E-state index contributed by atoms with van der Waals surface area (Å²) in [5, 5.41) is 17.6. The summed E-state index contributed by atoms with van der Waals surface area (Å²) in [5.41, 5.74) is 0.832. The largest absolute Gasteiger partial charge is 0.481 e. The zero-order valence-electron chi connectivity index (χ0n) is 11.2. The number of carboxylic acid groups (broad SMARTS) is 1. The van der Waals surface area contributed by atoms with E-state index in [0.717, 1.165) is 23.3 Å². The third-order valence-corrected chi connectivity index (χ3v) is 3.50. The normalized spacial score (nSPS) is 10.9. The first-order valence-electron chi connectivity index (χ1n) is 6.10. The molecule has 2 aromatic rings. The van der Waals surface area contributed by atoms with Crippen LogP contribution in [0.5, 0.6) is 0 Å². The second kappa shape index (κ2) is 6.47. The Bertz CT molecular complexity index is 585. The maximum absolute atomic E-state index is 10.7. The van der Waals surface area contributed by atoms with Crippen LogP contribution in [0.25, 0.3) is 0 Å². The fourth-order valence-corrected chi connectivity index (χ4v) is 2.35. The predicted molar refractivity (Wildman–Crippen MR) is 73.6 cm³/mol. The molecule has 0 saturated carbocycles. The number of carboxylic acids is 1. The van der Waals surface area contributed by atoms with Gasteiger partial charge in [-0.1, -0.05) is 25.6 Å². The number of hydrogen-bond donors (Lipinski definition) is 1. The topological polar surface area (TPSA) is 93.8 Å². The lowest BCUT2D eigenvalue weighted by Gasteiger charge is -2.10. The Morgan fingerprint density at radius 1 is 1.45 bits per heavy atom. The van der Waals surface area contributed by atoms with Gasteiger partial charge >= 0.3 is 5.97 Å². The lowest BCUT2D eigenvalue weighted by atomic mass is 10.2. The molecule has 2 heterocycles. The molecule has 7 nitrogen and oxygen atoms in total. The molecular formula is C12H15N5O2S. The third kappa shape index (κ3) is 3.53. The van der Waals surface area contributed by atoms with Crippen LogP contribution in [0.4, 0.5) is 0 Å². The first-order valence-corrected chi connectivity index (χ1v) is 7.09. The Kier molecular flexibility index (Phi) is 4.67. The highest BCUT2D eigenvalue weighted by atomic mass is 32.2. The van der Waals surface area contributed by atoms with E-state index in [0.29, 0.717) is 11.7 Å². The molecule has 1 N–H and O–H groups in total. The number of hydrogen-bond acceptors (Lipinski definition) is 6. The predicted octanol–water partition coefficient (Wildman–Crippen LogP) is 1.42. The highest BCUT2D eigenvalue weighted by molar-refractivity contribution is 7.99. The fraction of sp³-hybridized carbons (Fsp3) is 0.417. The molecule has 0 radical (unpaired) electrons. The lowest BCUT2D eigenvalue weighted by molar-refractivity contribution is -0.133. The molecule has 0 amide bonds. The van der Waals surface area contributed by atoms with Crippen molar-refractivity contribution in [2.45, 2.75) is 31.5 Å². The first-order chi connectivity index (χ1) is 9.58. The smallest absolute Gasteiger partial charge is 0.313 e. The van der Waals surface area contributed by atoms with Crippen LogP contribution in [0.3, 0.4) is 0 Å². The molecule has 0 saturated heterocycles. The summed E-state index contributed by atoms with van der Waals surface area (Å²) < 4.78 is 1.90. The minimum atomic E-state index is -0.877. The Morgan fingerprint density at radius 3 is 2.85 bits per heavy atom. The molecule has 2 rings (SSSR count). The van der Waals surface area contributed by atoms with E-state index in [9.17, 15) is 4.79 Å². The van der Waals surface area contributed by atoms with Gasteiger partial charge in [-0.3, -0.25) is 9.36 Å². The molecule has 0 aliphatic heterocycles. The van der Waals surface area contributed by atoms with Crippen molar-refractivity contribution in [2.24, 2.45) is 0 Å². The summed E-state index contributed by atoms with van der Waals surface area (Å²) in [7, 11) is 0. The van der Waals surface area contributed by atoms with Crippen LogP contribution in [0.1, 0.15) is 31.3 Å². The zero-order chi connectivity index (χ0) is 14.5. The second-order valence-corrected chi connectivity index (χ2v) is 5.41. The van der Waals surface area contributed by atoms with Crippen LogP contribution in [-0.2, 0) is 11.3 Å². The van der Waals surface area contributed by atoms with Crippen LogP contribution in [-0.4, -0.2) is 41.6 Å². The van der Waals surface area contributed by atoms with Crippen molar-refractivity contribution >= 4 is 17.7 Å². The van der Waals surface area contributed by atoms with Gasteiger partial charge in [0.05, 0.1) is 18.0 Å². The molecule has 0 fully saturated rings. The SMILES string of the molecule is CC(C)c1nnc(SCC(=O)O)n1Cc1ccncn1. The number of aliphatic carboxylic acids is 1. The minimum absolute atomic E-state index is 0.0417. The average Bonchev–Trinajstić information content (AvgIpc) is 2.80. The van der Waals surface area contributed by atoms with Gasteiger partial charge in [0.2, 0.25) is 0 Å². The van der Waals surface area contributed by atoms with Crippen molar-refractivity contribution in [3.63, 3.8) is 0 Å². The molecule has 0 spiro atoms. The summed E-state index contributed by atoms with van der Waals surface area (Å²) in [6.45, 7) is 4.54. The van der Waals surface area contributed by atoms with Crippen LogP contribution >= 0.6 is 11.8 Å².